The fraction of sp³-hybridized carbons (Fsp3) is 0.0741. The highest BCUT2D eigenvalue weighted by Gasteiger charge is 2.19. The molecule has 0 saturated carbocycles. The van der Waals surface area contributed by atoms with Crippen LogP contribution in [0, 0.1) is 10.1 Å². The number of nitro groups is 1. The SMILES string of the molecule is COc1ccc(-c2noc(-c3ccccc3NC(=O)c3ccc(-c4cccc([N+](=O)[O-])c4)o3)n2)cc1OC. The molecule has 5 aromatic rings. The lowest BCUT2D eigenvalue weighted by molar-refractivity contribution is -0.384. The summed E-state index contributed by atoms with van der Waals surface area (Å²) < 4.78 is 21.8. The highest BCUT2D eigenvalue weighted by molar-refractivity contribution is 6.04. The van der Waals surface area contributed by atoms with E-state index < -0.39 is 10.8 Å². The van der Waals surface area contributed by atoms with Crippen LogP contribution in [-0.4, -0.2) is 35.2 Å². The van der Waals surface area contributed by atoms with Gasteiger partial charge in [-0.2, -0.15) is 4.98 Å². The van der Waals surface area contributed by atoms with Gasteiger partial charge in [0.1, 0.15) is 5.76 Å². The van der Waals surface area contributed by atoms with Gasteiger partial charge in [-0.3, -0.25) is 14.9 Å². The molecule has 1 N–H and O–H groups in total. The van der Waals surface area contributed by atoms with Crippen LogP contribution in [0.1, 0.15) is 10.6 Å². The molecule has 0 aliphatic rings. The van der Waals surface area contributed by atoms with Crippen molar-refractivity contribution in [2.75, 3.05) is 19.5 Å². The van der Waals surface area contributed by atoms with Crippen LogP contribution >= 0.6 is 0 Å². The van der Waals surface area contributed by atoms with Gasteiger partial charge in [0.2, 0.25) is 5.82 Å². The number of ether oxygens (including phenoxy) is 2. The highest BCUT2D eigenvalue weighted by Crippen LogP contribution is 2.33. The van der Waals surface area contributed by atoms with Gasteiger partial charge in [-0.15, -0.1) is 0 Å². The Morgan fingerprint density at radius 1 is 0.921 bits per heavy atom. The molecule has 38 heavy (non-hydrogen) atoms. The van der Waals surface area contributed by atoms with Crippen molar-refractivity contribution in [2.45, 2.75) is 0 Å². The summed E-state index contributed by atoms with van der Waals surface area (Å²) in [6.45, 7) is 0. The normalized spacial score (nSPS) is 10.7. The minimum atomic E-state index is -0.520. The molecule has 0 fully saturated rings. The van der Waals surface area contributed by atoms with Gasteiger partial charge in [0.05, 0.1) is 30.4 Å². The number of benzene rings is 3. The molecule has 190 valence electrons. The zero-order chi connectivity index (χ0) is 26.6. The summed E-state index contributed by atoms with van der Waals surface area (Å²) in [6, 6.07) is 21.2. The van der Waals surface area contributed by atoms with Crippen molar-refractivity contribution < 1.29 is 28.1 Å². The number of para-hydroxylation sites is 1. The predicted molar refractivity (Wildman–Crippen MR) is 137 cm³/mol. The number of carbonyl (C=O) groups is 1. The minimum Gasteiger partial charge on any atom is -0.493 e. The minimum absolute atomic E-state index is 0.0258. The quantitative estimate of drug-likeness (QED) is 0.200. The van der Waals surface area contributed by atoms with Crippen LogP contribution in [0.5, 0.6) is 11.5 Å². The van der Waals surface area contributed by atoms with Gasteiger partial charge < -0.3 is 23.7 Å². The molecule has 2 heterocycles. The molecule has 0 aliphatic carbocycles. The number of carbonyl (C=O) groups excluding carboxylic acids is 1. The van der Waals surface area contributed by atoms with E-state index in [1.807, 2.05) is 0 Å². The largest absolute Gasteiger partial charge is 0.493 e. The molecular weight excluding hydrogens is 492 g/mol. The van der Waals surface area contributed by atoms with E-state index in [0.29, 0.717) is 45.5 Å². The summed E-state index contributed by atoms with van der Waals surface area (Å²) in [4.78, 5) is 28.0. The predicted octanol–water partition coefficient (Wildman–Crippen LogP) is 5.84. The van der Waals surface area contributed by atoms with E-state index in [0.717, 1.165) is 0 Å². The summed E-state index contributed by atoms with van der Waals surface area (Å²) in [5.74, 6) is 1.44. The lowest BCUT2D eigenvalue weighted by Crippen LogP contribution is -2.11. The molecule has 11 nitrogen and oxygen atoms in total. The lowest BCUT2D eigenvalue weighted by atomic mass is 10.1. The average molecular weight is 512 g/mol. The third-order valence-corrected chi connectivity index (χ3v) is 5.64. The molecule has 2 aromatic heterocycles. The number of amides is 1. The van der Waals surface area contributed by atoms with Crippen LogP contribution in [0.3, 0.4) is 0 Å². The maximum absolute atomic E-state index is 13.0. The fourth-order valence-corrected chi connectivity index (χ4v) is 3.78. The monoisotopic (exact) mass is 512 g/mol. The van der Waals surface area contributed by atoms with Crippen LogP contribution in [0.25, 0.3) is 34.2 Å². The molecule has 0 bridgehead atoms. The Labute approximate surface area is 215 Å². The Hall–Kier alpha value is -5.45. The highest BCUT2D eigenvalue weighted by atomic mass is 16.6. The smallest absolute Gasteiger partial charge is 0.291 e. The molecule has 0 saturated heterocycles. The molecule has 0 atom stereocenters. The van der Waals surface area contributed by atoms with E-state index in [2.05, 4.69) is 15.5 Å². The number of hydrogen-bond acceptors (Lipinski definition) is 9. The Balaban J connectivity index is 1.38. The number of aromatic nitrogens is 2. The number of non-ortho nitro benzene ring substituents is 1. The number of methoxy groups -OCH3 is 2. The Bertz CT molecular complexity index is 1640. The molecular formula is C27H20N4O7. The number of nitrogens with zero attached hydrogens (tertiary/aromatic N) is 3. The molecule has 5 rings (SSSR count). The topological polar surface area (TPSA) is 143 Å². The van der Waals surface area contributed by atoms with Gasteiger partial charge in [-0.1, -0.05) is 29.4 Å². The molecule has 0 spiro atoms. The van der Waals surface area contributed by atoms with Crippen molar-refractivity contribution in [3.63, 3.8) is 0 Å². The van der Waals surface area contributed by atoms with E-state index >= 15 is 0 Å². The summed E-state index contributed by atoms with van der Waals surface area (Å²) >= 11 is 0. The maximum atomic E-state index is 13.0. The first-order valence-electron chi connectivity index (χ1n) is 11.3. The molecule has 11 heteroatoms. The number of nitro benzene ring substituents is 1. The van der Waals surface area contributed by atoms with E-state index in [-0.39, 0.29) is 17.3 Å². The van der Waals surface area contributed by atoms with E-state index in [9.17, 15) is 14.9 Å². The third kappa shape index (κ3) is 4.80. The summed E-state index contributed by atoms with van der Waals surface area (Å²) in [5.41, 5.74) is 1.99. The molecule has 1 amide bonds. The standard InChI is InChI=1S/C27H20N4O7/c1-35-22-11-10-17(15-24(22)36-2)25-29-27(38-30-25)19-8-3-4-9-20(19)28-26(32)23-13-12-21(37-23)16-6-5-7-18(14-16)31(33)34/h3-15H,1-2H3,(H,28,32). The van der Waals surface area contributed by atoms with Gasteiger partial charge in [0.15, 0.2) is 17.3 Å². The van der Waals surface area contributed by atoms with Crippen molar-refractivity contribution in [3.8, 4) is 45.7 Å². The summed E-state index contributed by atoms with van der Waals surface area (Å²) in [5, 5.41) is 17.9. The van der Waals surface area contributed by atoms with Gasteiger partial charge in [0.25, 0.3) is 17.5 Å². The van der Waals surface area contributed by atoms with Gasteiger partial charge in [-0.05, 0) is 42.5 Å². The molecule has 0 unspecified atom stereocenters. The second-order valence-electron chi connectivity index (χ2n) is 7.96. The zero-order valence-electron chi connectivity index (χ0n) is 20.2. The van der Waals surface area contributed by atoms with Crippen LogP contribution in [0.2, 0.25) is 0 Å². The first-order valence-corrected chi connectivity index (χ1v) is 11.3. The van der Waals surface area contributed by atoms with Crippen LogP contribution in [0.15, 0.2) is 87.8 Å². The lowest BCUT2D eigenvalue weighted by Gasteiger charge is -2.08. The van der Waals surface area contributed by atoms with Crippen molar-refractivity contribution in [3.05, 3.63) is 94.7 Å². The van der Waals surface area contributed by atoms with Crippen molar-refractivity contribution >= 4 is 17.3 Å². The van der Waals surface area contributed by atoms with E-state index in [4.69, 9.17) is 18.4 Å². The van der Waals surface area contributed by atoms with Crippen LogP contribution in [0.4, 0.5) is 11.4 Å². The van der Waals surface area contributed by atoms with Crippen molar-refractivity contribution in [2.24, 2.45) is 0 Å². The average Bonchev–Trinajstić information content (AvgIpc) is 3.64. The summed E-state index contributed by atoms with van der Waals surface area (Å²) in [6.07, 6.45) is 0. The van der Waals surface area contributed by atoms with Crippen LogP contribution < -0.4 is 14.8 Å². The van der Waals surface area contributed by atoms with Gasteiger partial charge in [0, 0.05) is 23.3 Å². The number of rotatable bonds is 8. The Kier molecular flexibility index (Phi) is 6.55. The fourth-order valence-electron chi connectivity index (χ4n) is 3.78. The van der Waals surface area contributed by atoms with E-state index in [1.165, 1.54) is 25.3 Å². The summed E-state index contributed by atoms with van der Waals surface area (Å²) in [7, 11) is 3.08. The third-order valence-electron chi connectivity index (χ3n) is 5.64. The van der Waals surface area contributed by atoms with E-state index in [1.54, 1.807) is 67.8 Å². The second kappa shape index (κ2) is 10.3. The number of hydrogen-bond donors (Lipinski definition) is 1. The number of nitrogens with one attached hydrogen (secondary N) is 1. The second-order valence-corrected chi connectivity index (χ2v) is 7.96. The maximum Gasteiger partial charge on any atom is 0.291 e. The Morgan fingerprint density at radius 3 is 2.53 bits per heavy atom. The van der Waals surface area contributed by atoms with Crippen LogP contribution in [-0.2, 0) is 0 Å². The van der Waals surface area contributed by atoms with Crippen molar-refractivity contribution in [1.82, 2.24) is 10.1 Å². The first-order chi connectivity index (χ1) is 18.5. The van der Waals surface area contributed by atoms with Gasteiger partial charge >= 0.3 is 0 Å². The first kappa shape index (κ1) is 24.3. The van der Waals surface area contributed by atoms with Gasteiger partial charge in [-0.25, -0.2) is 0 Å². The molecule has 0 aliphatic heterocycles. The number of furan rings is 1. The molecule has 0 radical (unpaired) electrons. The number of anilines is 1. The van der Waals surface area contributed by atoms with Crippen molar-refractivity contribution in [1.29, 1.82) is 0 Å². The molecule has 3 aromatic carbocycles. The zero-order valence-corrected chi connectivity index (χ0v) is 20.2. The Morgan fingerprint density at radius 2 is 1.74 bits per heavy atom.